The van der Waals surface area contributed by atoms with Crippen LogP contribution in [0.3, 0.4) is 0 Å². The van der Waals surface area contributed by atoms with Crippen LogP contribution in [0.1, 0.15) is 58.3 Å². The number of hydrogen-bond acceptors (Lipinski definition) is 2. The van der Waals surface area contributed by atoms with Crippen molar-refractivity contribution in [2.24, 2.45) is 17.1 Å². The van der Waals surface area contributed by atoms with Gasteiger partial charge in [-0.1, -0.05) is 26.2 Å². The van der Waals surface area contributed by atoms with Crippen LogP contribution in [0, 0.1) is 11.3 Å². The first-order valence-corrected chi connectivity index (χ1v) is 8.35. The van der Waals surface area contributed by atoms with Gasteiger partial charge in [-0.05, 0) is 62.0 Å². The molecule has 1 rings (SSSR count). The summed E-state index contributed by atoms with van der Waals surface area (Å²) in [4.78, 5) is 0. The molecule has 0 bridgehead atoms. The first kappa shape index (κ1) is 14.4. The fourth-order valence-electron chi connectivity index (χ4n) is 2.95. The van der Waals surface area contributed by atoms with Crippen LogP contribution in [0.4, 0.5) is 0 Å². The highest BCUT2D eigenvalue weighted by Crippen LogP contribution is 2.42. The fraction of sp³-hybridized carbons (Fsp3) is 1.00. The van der Waals surface area contributed by atoms with E-state index in [1.165, 1.54) is 57.1 Å². The minimum atomic E-state index is 0.506. The summed E-state index contributed by atoms with van der Waals surface area (Å²) in [6.07, 6.45) is 13.4. The van der Waals surface area contributed by atoms with Crippen LogP contribution >= 0.6 is 11.8 Å². The van der Waals surface area contributed by atoms with Crippen LogP contribution < -0.4 is 5.73 Å². The smallest absolute Gasteiger partial charge is 0.00202 e. The molecule has 2 N–H and O–H groups in total. The molecule has 1 saturated carbocycles. The van der Waals surface area contributed by atoms with Crippen molar-refractivity contribution in [2.75, 3.05) is 18.6 Å². The number of thioether (sulfide) groups is 1. The number of rotatable bonds is 7. The van der Waals surface area contributed by atoms with Crippen molar-refractivity contribution in [1.82, 2.24) is 0 Å². The Morgan fingerprint density at radius 2 is 2.00 bits per heavy atom. The van der Waals surface area contributed by atoms with Gasteiger partial charge in [0.2, 0.25) is 0 Å². The van der Waals surface area contributed by atoms with Gasteiger partial charge in [0.25, 0.3) is 0 Å². The summed E-state index contributed by atoms with van der Waals surface area (Å²) in [6.45, 7) is 3.21. The van der Waals surface area contributed by atoms with Gasteiger partial charge >= 0.3 is 0 Å². The molecule has 0 aromatic rings. The summed E-state index contributed by atoms with van der Waals surface area (Å²) in [5.74, 6) is 2.30. The summed E-state index contributed by atoms with van der Waals surface area (Å²) in [6, 6.07) is 0. The molecular weight excluding hydrogens is 214 g/mol. The fourth-order valence-corrected chi connectivity index (χ4v) is 3.58. The Hall–Kier alpha value is 0.310. The molecule has 0 radical (unpaired) electrons. The average Bonchev–Trinajstić information content (AvgIpc) is 2.35. The number of unbranched alkanes of at least 4 members (excludes halogenated alkanes) is 1. The Labute approximate surface area is 106 Å². The maximum atomic E-state index is 6.02. The highest BCUT2D eigenvalue weighted by atomic mass is 32.2. The van der Waals surface area contributed by atoms with Gasteiger partial charge in [0, 0.05) is 0 Å². The number of hydrogen-bond donors (Lipinski definition) is 1. The first-order chi connectivity index (χ1) is 7.76. The van der Waals surface area contributed by atoms with Crippen LogP contribution in [-0.4, -0.2) is 18.6 Å². The third-order valence-electron chi connectivity index (χ3n) is 4.40. The molecule has 0 unspecified atom stereocenters. The molecule has 0 spiro atoms. The summed E-state index contributed by atoms with van der Waals surface area (Å²) >= 11 is 1.97. The van der Waals surface area contributed by atoms with E-state index >= 15 is 0 Å². The molecule has 0 saturated heterocycles. The van der Waals surface area contributed by atoms with E-state index in [9.17, 15) is 0 Å². The van der Waals surface area contributed by atoms with Crippen molar-refractivity contribution in [3.8, 4) is 0 Å². The summed E-state index contributed by atoms with van der Waals surface area (Å²) < 4.78 is 0. The van der Waals surface area contributed by atoms with Crippen molar-refractivity contribution in [2.45, 2.75) is 58.3 Å². The third kappa shape index (κ3) is 4.29. The Balaban J connectivity index is 2.31. The maximum absolute atomic E-state index is 6.02. The van der Waals surface area contributed by atoms with Crippen LogP contribution in [0.25, 0.3) is 0 Å². The van der Waals surface area contributed by atoms with E-state index in [0.29, 0.717) is 5.41 Å². The minimum absolute atomic E-state index is 0.506. The van der Waals surface area contributed by atoms with Crippen LogP contribution in [0.2, 0.25) is 0 Å². The lowest BCUT2D eigenvalue weighted by molar-refractivity contribution is 0.146. The second-order valence-electron chi connectivity index (χ2n) is 5.53. The molecule has 0 aromatic heterocycles. The monoisotopic (exact) mass is 243 g/mol. The van der Waals surface area contributed by atoms with Gasteiger partial charge in [0.1, 0.15) is 0 Å². The Morgan fingerprint density at radius 1 is 1.31 bits per heavy atom. The van der Waals surface area contributed by atoms with Crippen molar-refractivity contribution in [3.63, 3.8) is 0 Å². The second-order valence-corrected chi connectivity index (χ2v) is 6.52. The molecule has 0 amide bonds. The lowest BCUT2D eigenvalue weighted by Crippen LogP contribution is -2.35. The van der Waals surface area contributed by atoms with Crippen LogP contribution in [-0.2, 0) is 0 Å². The molecule has 2 heteroatoms. The van der Waals surface area contributed by atoms with E-state index < -0.39 is 0 Å². The molecule has 0 atom stereocenters. The molecular formula is C14H29NS. The Kier molecular flexibility index (Phi) is 6.83. The molecule has 1 nitrogen and oxygen atoms in total. The predicted octanol–water partition coefficient (Wildman–Crippen LogP) is 4.07. The molecule has 0 aliphatic heterocycles. The standard InChI is InChI=1S/C14H29NS/c1-3-4-5-13-6-8-14(12-15,9-7-13)10-11-16-2/h13H,3-12,15H2,1-2H3. The van der Waals surface area contributed by atoms with Crippen molar-refractivity contribution in [3.05, 3.63) is 0 Å². The molecule has 0 heterocycles. The average molecular weight is 243 g/mol. The van der Waals surface area contributed by atoms with E-state index in [1.54, 1.807) is 0 Å². The van der Waals surface area contributed by atoms with E-state index in [2.05, 4.69) is 13.2 Å². The van der Waals surface area contributed by atoms with E-state index in [0.717, 1.165) is 12.5 Å². The predicted molar refractivity (Wildman–Crippen MR) is 76.0 cm³/mol. The number of nitrogens with two attached hydrogens (primary N) is 1. The Morgan fingerprint density at radius 3 is 2.50 bits per heavy atom. The van der Waals surface area contributed by atoms with Crippen LogP contribution in [0.5, 0.6) is 0 Å². The minimum Gasteiger partial charge on any atom is -0.330 e. The normalized spacial score (nSPS) is 30.6. The Bertz CT molecular complexity index is 174. The van der Waals surface area contributed by atoms with Gasteiger partial charge in [-0.25, -0.2) is 0 Å². The van der Waals surface area contributed by atoms with E-state index in [-0.39, 0.29) is 0 Å². The van der Waals surface area contributed by atoms with Gasteiger partial charge in [-0.3, -0.25) is 0 Å². The van der Waals surface area contributed by atoms with E-state index in [1.807, 2.05) is 11.8 Å². The lowest BCUT2D eigenvalue weighted by Gasteiger charge is -2.39. The van der Waals surface area contributed by atoms with Gasteiger partial charge in [-0.2, -0.15) is 11.8 Å². The van der Waals surface area contributed by atoms with E-state index in [4.69, 9.17) is 5.73 Å². The molecule has 1 aliphatic carbocycles. The largest absolute Gasteiger partial charge is 0.330 e. The zero-order valence-corrected chi connectivity index (χ0v) is 12.0. The lowest BCUT2D eigenvalue weighted by atomic mass is 9.68. The zero-order chi connectivity index (χ0) is 11.9. The maximum Gasteiger partial charge on any atom is -0.00202 e. The highest BCUT2D eigenvalue weighted by molar-refractivity contribution is 7.98. The first-order valence-electron chi connectivity index (χ1n) is 6.95. The quantitative estimate of drug-likeness (QED) is 0.729. The van der Waals surface area contributed by atoms with Crippen molar-refractivity contribution >= 4 is 11.8 Å². The molecule has 16 heavy (non-hydrogen) atoms. The summed E-state index contributed by atoms with van der Waals surface area (Å²) in [7, 11) is 0. The van der Waals surface area contributed by atoms with Gasteiger partial charge in [-0.15, -0.1) is 0 Å². The summed E-state index contributed by atoms with van der Waals surface area (Å²) in [5, 5.41) is 0. The van der Waals surface area contributed by atoms with Gasteiger partial charge in [0.15, 0.2) is 0 Å². The zero-order valence-electron chi connectivity index (χ0n) is 11.1. The molecule has 1 aliphatic rings. The SMILES string of the molecule is CCCCC1CCC(CN)(CCSC)CC1. The third-order valence-corrected chi connectivity index (χ3v) is 5.01. The van der Waals surface area contributed by atoms with Crippen molar-refractivity contribution < 1.29 is 0 Å². The summed E-state index contributed by atoms with van der Waals surface area (Å²) in [5.41, 5.74) is 6.52. The second kappa shape index (κ2) is 7.60. The molecule has 0 aromatic carbocycles. The van der Waals surface area contributed by atoms with Gasteiger partial charge in [0.05, 0.1) is 0 Å². The molecule has 96 valence electrons. The van der Waals surface area contributed by atoms with Crippen LogP contribution in [0.15, 0.2) is 0 Å². The van der Waals surface area contributed by atoms with Gasteiger partial charge < -0.3 is 5.73 Å². The highest BCUT2D eigenvalue weighted by Gasteiger charge is 2.33. The van der Waals surface area contributed by atoms with Crippen molar-refractivity contribution in [1.29, 1.82) is 0 Å². The molecule has 1 fully saturated rings. The topological polar surface area (TPSA) is 26.0 Å².